The SMILES string of the molecule is COc1cc(C)c(CN2C[C@H](N(C)C)C[C@H]2C(=O)O)cc1C(C)C. The number of hydrogen-bond acceptors (Lipinski definition) is 4. The van der Waals surface area contributed by atoms with Crippen LogP contribution in [-0.4, -0.2) is 60.7 Å². The molecule has 134 valence electrons. The van der Waals surface area contributed by atoms with Crippen LogP contribution in [0.1, 0.15) is 42.9 Å². The van der Waals surface area contributed by atoms with Gasteiger partial charge in [-0.3, -0.25) is 9.69 Å². The molecule has 0 amide bonds. The molecule has 0 spiro atoms. The van der Waals surface area contributed by atoms with E-state index in [4.69, 9.17) is 4.74 Å². The molecular formula is C19H30N2O3. The maximum Gasteiger partial charge on any atom is 0.320 e. The molecule has 0 aliphatic carbocycles. The maximum absolute atomic E-state index is 11.7. The van der Waals surface area contributed by atoms with Crippen LogP contribution < -0.4 is 4.74 Å². The Morgan fingerprint density at radius 1 is 1.42 bits per heavy atom. The summed E-state index contributed by atoms with van der Waals surface area (Å²) in [4.78, 5) is 15.9. The Kier molecular flexibility index (Phi) is 5.88. The van der Waals surface area contributed by atoms with Gasteiger partial charge in [-0.05, 0) is 56.1 Å². The number of ether oxygens (including phenoxy) is 1. The molecule has 1 N–H and O–H groups in total. The van der Waals surface area contributed by atoms with Gasteiger partial charge in [-0.15, -0.1) is 0 Å². The van der Waals surface area contributed by atoms with E-state index in [0.717, 1.165) is 17.9 Å². The number of carboxylic acid groups (broad SMARTS) is 1. The summed E-state index contributed by atoms with van der Waals surface area (Å²) in [5, 5.41) is 9.58. The molecule has 24 heavy (non-hydrogen) atoms. The Hall–Kier alpha value is -1.59. The summed E-state index contributed by atoms with van der Waals surface area (Å²) in [6.45, 7) is 7.81. The van der Waals surface area contributed by atoms with Crippen LogP contribution in [0.4, 0.5) is 0 Å². The van der Waals surface area contributed by atoms with E-state index in [1.165, 1.54) is 11.1 Å². The number of benzene rings is 1. The summed E-state index contributed by atoms with van der Waals surface area (Å²) >= 11 is 0. The molecule has 5 nitrogen and oxygen atoms in total. The Bertz CT molecular complexity index is 599. The normalized spacial score (nSPS) is 21.7. The van der Waals surface area contributed by atoms with Crippen molar-refractivity contribution in [3.63, 3.8) is 0 Å². The summed E-state index contributed by atoms with van der Waals surface area (Å²) in [5.41, 5.74) is 3.51. The van der Waals surface area contributed by atoms with Crippen LogP contribution in [0.2, 0.25) is 0 Å². The number of likely N-dealkylation sites (tertiary alicyclic amines) is 1. The van der Waals surface area contributed by atoms with Gasteiger partial charge >= 0.3 is 5.97 Å². The molecule has 1 aromatic rings. The van der Waals surface area contributed by atoms with Gasteiger partial charge in [0.05, 0.1) is 7.11 Å². The second-order valence-corrected chi connectivity index (χ2v) is 7.31. The van der Waals surface area contributed by atoms with Gasteiger partial charge < -0.3 is 14.7 Å². The maximum atomic E-state index is 11.7. The first kappa shape index (κ1) is 18.7. The minimum atomic E-state index is -0.727. The topological polar surface area (TPSA) is 53.0 Å². The molecule has 1 aliphatic heterocycles. The highest BCUT2D eigenvalue weighted by Crippen LogP contribution is 2.31. The first-order valence-electron chi connectivity index (χ1n) is 8.55. The van der Waals surface area contributed by atoms with E-state index in [2.05, 4.69) is 42.7 Å². The van der Waals surface area contributed by atoms with E-state index >= 15 is 0 Å². The molecule has 0 saturated carbocycles. The number of likely N-dealkylation sites (N-methyl/N-ethyl adjacent to an activating group) is 1. The molecule has 0 bridgehead atoms. The number of carbonyl (C=O) groups is 1. The minimum absolute atomic E-state index is 0.286. The first-order valence-corrected chi connectivity index (χ1v) is 8.55. The van der Waals surface area contributed by atoms with Crippen LogP contribution in [0.15, 0.2) is 12.1 Å². The Morgan fingerprint density at radius 2 is 2.08 bits per heavy atom. The number of nitrogens with zero attached hydrogens (tertiary/aromatic N) is 2. The van der Waals surface area contributed by atoms with Crippen molar-refractivity contribution in [2.24, 2.45) is 0 Å². The highest BCUT2D eigenvalue weighted by Gasteiger charge is 2.37. The van der Waals surface area contributed by atoms with Gasteiger partial charge in [0.15, 0.2) is 0 Å². The second-order valence-electron chi connectivity index (χ2n) is 7.31. The van der Waals surface area contributed by atoms with Crippen molar-refractivity contribution in [1.29, 1.82) is 0 Å². The Labute approximate surface area is 145 Å². The van der Waals surface area contributed by atoms with E-state index in [1.807, 2.05) is 14.1 Å². The fourth-order valence-electron chi connectivity index (χ4n) is 3.45. The van der Waals surface area contributed by atoms with Gasteiger partial charge in [0.2, 0.25) is 0 Å². The molecule has 1 fully saturated rings. The fourth-order valence-corrected chi connectivity index (χ4v) is 3.45. The number of aryl methyl sites for hydroxylation is 1. The van der Waals surface area contributed by atoms with Crippen molar-refractivity contribution < 1.29 is 14.6 Å². The third-order valence-corrected chi connectivity index (χ3v) is 5.08. The molecule has 2 rings (SSSR count). The zero-order chi connectivity index (χ0) is 18.0. The summed E-state index contributed by atoms with van der Waals surface area (Å²) in [6.07, 6.45) is 0.675. The van der Waals surface area contributed by atoms with Crippen LogP contribution in [-0.2, 0) is 11.3 Å². The van der Waals surface area contributed by atoms with Crippen LogP contribution in [0.25, 0.3) is 0 Å². The minimum Gasteiger partial charge on any atom is -0.496 e. The fraction of sp³-hybridized carbons (Fsp3) is 0.632. The predicted octanol–water partition coefficient (Wildman–Crippen LogP) is 2.72. The van der Waals surface area contributed by atoms with Crippen molar-refractivity contribution in [2.45, 2.75) is 51.7 Å². The quantitative estimate of drug-likeness (QED) is 0.867. The number of methoxy groups -OCH3 is 1. The molecule has 1 heterocycles. The molecule has 1 aromatic carbocycles. The Balaban J connectivity index is 2.29. The third kappa shape index (κ3) is 3.90. The highest BCUT2D eigenvalue weighted by atomic mass is 16.5. The van der Waals surface area contributed by atoms with E-state index in [0.29, 0.717) is 18.9 Å². The van der Waals surface area contributed by atoms with Crippen molar-refractivity contribution in [3.05, 3.63) is 28.8 Å². The molecular weight excluding hydrogens is 304 g/mol. The van der Waals surface area contributed by atoms with Crippen molar-refractivity contribution >= 4 is 5.97 Å². The van der Waals surface area contributed by atoms with E-state index in [1.54, 1.807) is 7.11 Å². The second kappa shape index (κ2) is 7.53. The monoisotopic (exact) mass is 334 g/mol. The zero-order valence-corrected chi connectivity index (χ0v) is 15.7. The van der Waals surface area contributed by atoms with Gasteiger partial charge in [0.1, 0.15) is 11.8 Å². The number of rotatable bonds is 6. The Morgan fingerprint density at radius 3 is 2.58 bits per heavy atom. The van der Waals surface area contributed by atoms with Crippen molar-refractivity contribution in [2.75, 3.05) is 27.7 Å². The number of carboxylic acids is 1. The lowest BCUT2D eigenvalue weighted by Crippen LogP contribution is -2.36. The lowest BCUT2D eigenvalue weighted by molar-refractivity contribution is -0.142. The lowest BCUT2D eigenvalue weighted by atomic mass is 9.96. The zero-order valence-electron chi connectivity index (χ0n) is 15.7. The van der Waals surface area contributed by atoms with Crippen LogP contribution in [0.3, 0.4) is 0 Å². The molecule has 0 radical (unpaired) electrons. The van der Waals surface area contributed by atoms with Crippen molar-refractivity contribution in [1.82, 2.24) is 9.80 Å². The molecule has 0 unspecified atom stereocenters. The summed E-state index contributed by atoms with van der Waals surface area (Å²) in [5.74, 6) is 0.547. The predicted molar refractivity (Wildman–Crippen MR) is 95.7 cm³/mol. The average Bonchev–Trinajstić information content (AvgIpc) is 2.93. The lowest BCUT2D eigenvalue weighted by Gasteiger charge is -2.24. The third-order valence-electron chi connectivity index (χ3n) is 5.08. The van der Waals surface area contributed by atoms with Crippen LogP contribution in [0.5, 0.6) is 5.75 Å². The molecule has 1 aliphatic rings. The largest absolute Gasteiger partial charge is 0.496 e. The van der Waals surface area contributed by atoms with Gasteiger partial charge in [-0.2, -0.15) is 0 Å². The van der Waals surface area contributed by atoms with E-state index in [-0.39, 0.29) is 6.04 Å². The summed E-state index contributed by atoms with van der Waals surface area (Å²) in [6, 6.07) is 4.12. The number of hydrogen-bond donors (Lipinski definition) is 1. The molecule has 0 aromatic heterocycles. The number of aliphatic carboxylic acids is 1. The molecule has 2 atom stereocenters. The van der Waals surface area contributed by atoms with E-state index in [9.17, 15) is 9.90 Å². The molecule has 5 heteroatoms. The van der Waals surface area contributed by atoms with Crippen molar-refractivity contribution in [3.8, 4) is 5.75 Å². The van der Waals surface area contributed by atoms with Gasteiger partial charge in [-0.1, -0.05) is 19.9 Å². The van der Waals surface area contributed by atoms with Gasteiger partial charge in [-0.25, -0.2) is 0 Å². The van der Waals surface area contributed by atoms with E-state index < -0.39 is 12.0 Å². The highest BCUT2D eigenvalue weighted by molar-refractivity contribution is 5.74. The smallest absolute Gasteiger partial charge is 0.320 e. The standard InChI is InChI=1S/C19H30N2O3/c1-12(2)16-8-14(13(3)7-18(16)24-6)10-21-11-15(20(4)5)9-17(21)19(22)23/h7-8,12,15,17H,9-11H2,1-6H3,(H,22,23)/t15-,17+/m1/s1. The summed E-state index contributed by atoms with van der Waals surface area (Å²) < 4.78 is 5.51. The average molecular weight is 334 g/mol. The van der Waals surface area contributed by atoms with Crippen LogP contribution in [0, 0.1) is 6.92 Å². The molecule has 1 saturated heterocycles. The van der Waals surface area contributed by atoms with Gasteiger partial charge in [0.25, 0.3) is 0 Å². The first-order chi connectivity index (χ1) is 11.2. The van der Waals surface area contributed by atoms with Crippen LogP contribution >= 0.6 is 0 Å². The summed E-state index contributed by atoms with van der Waals surface area (Å²) in [7, 11) is 5.73. The van der Waals surface area contributed by atoms with Gasteiger partial charge in [0, 0.05) is 19.1 Å².